The van der Waals surface area contributed by atoms with Crippen molar-refractivity contribution in [1.82, 2.24) is 9.97 Å². The highest BCUT2D eigenvalue weighted by Crippen LogP contribution is 2.33. The molecule has 1 N–H and O–H groups in total. The fourth-order valence-electron chi connectivity index (χ4n) is 3.08. The number of aliphatic carboxylic acids is 1. The lowest BCUT2D eigenvalue weighted by atomic mass is 9.99. The minimum atomic E-state index is -0.698. The van der Waals surface area contributed by atoms with E-state index >= 15 is 0 Å². The maximum atomic E-state index is 11.2. The van der Waals surface area contributed by atoms with Crippen molar-refractivity contribution in [3.05, 3.63) is 17.6 Å². The Balaban J connectivity index is 1.89. The molecule has 5 heteroatoms. The lowest BCUT2D eigenvalue weighted by molar-refractivity contribution is -0.142. The highest BCUT2D eigenvalue weighted by molar-refractivity contribution is 5.72. The van der Waals surface area contributed by atoms with Gasteiger partial charge in [0.05, 0.1) is 5.92 Å². The van der Waals surface area contributed by atoms with Crippen LogP contribution >= 0.6 is 0 Å². The maximum Gasteiger partial charge on any atom is 0.308 e. The van der Waals surface area contributed by atoms with E-state index in [1.807, 2.05) is 6.92 Å². The van der Waals surface area contributed by atoms with E-state index in [0.29, 0.717) is 6.54 Å². The molecule has 1 saturated heterocycles. The summed E-state index contributed by atoms with van der Waals surface area (Å²) >= 11 is 0. The molecule has 0 bridgehead atoms. The highest BCUT2D eigenvalue weighted by Gasteiger charge is 2.36. The Bertz CT molecular complexity index is 489. The van der Waals surface area contributed by atoms with Crippen LogP contribution in [-0.2, 0) is 17.6 Å². The zero-order chi connectivity index (χ0) is 12.7. The Kier molecular flexibility index (Phi) is 2.69. The molecule has 0 radical (unpaired) electrons. The average Bonchev–Trinajstić information content (AvgIpc) is 2.94. The zero-order valence-electron chi connectivity index (χ0n) is 10.5. The SMILES string of the molecule is CC1CN(c2ncnc3c2CCC3)CC1C(=O)O. The number of rotatable bonds is 2. The van der Waals surface area contributed by atoms with Gasteiger partial charge in [-0.15, -0.1) is 0 Å². The summed E-state index contributed by atoms with van der Waals surface area (Å²) in [6.07, 6.45) is 4.79. The quantitative estimate of drug-likeness (QED) is 0.848. The fourth-order valence-corrected chi connectivity index (χ4v) is 3.08. The van der Waals surface area contributed by atoms with Crippen molar-refractivity contribution in [3.8, 4) is 0 Å². The molecule has 2 heterocycles. The summed E-state index contributed by atoms with van der Waals surface area (Å²) in [7, 11) is 0. The van der Waals surface area contributed by atoms with Crippen LogP contribution in [0.15, 0.2) is 6.33 Å². The third kappa shape index (κ3) is 1.74. The zero-order valence-corrected chi connectivity index (χ0v) is 10.5. The average molecular weight is 247 g/mol. The summed E-state index contributed by atoms with van der Waals surface area (Å²) in [6, 6.07) is 0. The first-order valence-corrected chi connectivity index (χ1v) is 6.47. The monoisotopic (exact) mass is 247 g/mol. The van der Waals surface area contributed by atoms with Gasteiger partial charge in [0.2, 0.25) is 0 Å². The molecular formula is C13H17N3O2. The third-order valence-corrected chi connectivity index (χ3v) is 4.08. The minimum Gasteiger partial charge on any atom is -0.481 e. The van der Waals surface area contributed by atoms with E-state index in [-0.39, 0.29) is 11.8 Å². The van der Waals surface area contributed by atoms with Gasteiger partial charge in [0.25, 0.3) is 0 Å². The molecule has 1 fully saturated rings. The molecular weight excluding hydrogens is 230 g/mol. The molecule has 2 aliphatic rings. The number of carbonyl (C=O) groups is 1. The number of fused-ring (bicyclic) bond motifs is 1. The van der Waals surface area contributed by atoms with Gasteiger partial charge in [-0.2, -0.15) is 0 Å². The predicted octanol–water partition coefficient (Wildman–Crippen LogP) is 1.12. The molecule has 2 atom stereocenters. The summed E-state index contributed by atoms with van der Waals surface area (Å²) in [5.41, 5.74) is 2.38. The maximum absolute atomic E-state index is 11.2. The Morgan fingerprint density at radius 3 is 2.94 bits per heavy atom. The summed E-state index contributed by atoms with van der Waals surface area (Å²) in [6.45, 7) is 3.35. The number of carboxylic acids is 1. The molecule has 1 aliphatic heterocycles. The molecule has 2 unspecified atom stereocenters. The molecule has 18 heavy (non-hydrogen) atoms. The van der Waals surface area contributed by atoms with Gasteiger partial charge in [0, 0.05) is 24.3 Å². The Morgan fingerprint density at radius 1 is 1.39 bits per heavy atom. The van der Waals surface area contributed by atoms with Gasteiger partial charge in [-0.3, -0.25) is 4.79 Å². The summed E-state index contributed by atoms with van der Waals surface area (Å²) in [5.74, 6) is 0.162. The smallest absolute Gasteiger partial charge is 0.308 e. The van der Waals surface area contributed by atoms with Crippen LogP contribution in [0, 0.1) is 11.8 Å². The first-order chi connectivity index (χ1) is 8.66. The predicted molar refractivity (Wildman–Crippen MR) is 66.6 cm³/mol. The molecule has 5 nitrogen and oxygen atoms in total. The van der Waals surface area contributed by atoms with Crippen LogP contribution in [-0.4, -0.2) is 34.1 Å². The number of nitrogens with zero attached hydrogens (tertiary/aromatic N) is 3. The van der Waals surface area contributed by atoms with Crippen molar-refractivity contribution in [1.29, 1.82) is 0 Å². The van der Waals surface area contributed by atoms with Crippen LogP contribution < -0.4 is 4.90 Å². The van der Waals surface area contributed by atoms with Crippen LogP contribution in [0.5, 0.6) is 0 Å². The van der Waals surface area contributed by atoms with Crippen LogP contribution in [0.2, 0.25) is 0 Å². The van der Waals surface area contributed by atoms with Crippen molar-refractivity contribution in [2.75, 3.05) is 18.0 Å². The fraction of sp³-hybridized carbons (Fsp3) is 0.615. The van der Waals surface area contributed by atoms with Gasteiger partial charge in [-0.1, -0.05) is 6.92 Å². The Hall–Kier alpha value is -1.65. The standard InChI is InChI=1S/C13H17N3O2/c1-8-5-16(6-10(8)13(17)18)12-9-3-2-4-11(9)14-7-15-12/h7-8,10H,2-6H2,1H3,(H,17,18). The van der Waals surface area contributed by atoms with E-state index in [2.05, 4.69) is 14.9 Å². The number of aromatic nitrogens is 2. The topological polar surface area (TPSA) is 66.3 Å². The number of anilines is 1. The van der Waals surface area contributed by atoms with Crippen molar-refractivity contribution < 1.29 is 9.90 Å². The summed E-state index contributed by atoms with van der Waals surface area (Å²) in [5, 5.41) is 9.18. The largest absolute Gasteiger partial charge is 0.481 e. The van der Waals surface area contributed by atoms with E-state index < -0.39 is 5.97 Å². The van der Waals surface area contributed by atoms with Gasteiger partial charge in [-0.05, 0) is 25.2 Å². The van der Waals surface area contributed by atoms with Crippen molar-refractivity contribution >= 4 is 11.8 Å². The molecule has 1 aromatic heterocycles. The highest BCUT2D eigenvalue weighted by atomic mass is 16.4. The second kappa shape index (κ2) is 4.23. The van der Waals surface area contributed by atoms with Crippen molar-refractivity contribution in [3.63, 3.8) is 0 Å². The summed E-state index contributed by atoms with van der Waals surface area (Å²) < 4.78 is 0. The number of aryl methyl sites for hydroxylation is 1. The van der Waals surface area contributed by atoms with Crippen LogP contribution in [0.25, 0.3) is 0 Å². The van der Waals surface area contributed by atoms with E-state index in [9.17, 15) is 9.90 Å². The van der Waals surface area contributed by atoms with Gasteiger partial charge in [-0.25, -0.2) is 9.97 Å². The van der Waals surface area contributed by atoms with E-state index in [1.165, 1.54) is 5.56 Å². The Morgan fingerprint density at radius 2 is 2.22 bits per heavy atom. The third-order valence-electron chi connectivity index (χ3n) is 4.08. The first kappa shape index (κ1) is 11.4. The van der Waals surface area contributed by atoms with Crippen molar-refractivity contribution in [2.45, 2.75) is 26.2 Å². The lowest BCUT2D eigenvalue weighted by Crippen LogP contribution is -2.24. The molecule has 1 aliphatic carbocycles. The second-order valence-electron chi connectivity index (χ2n) is 5.30. The second-order valence-corrected chi connectivity index (χ2v) is 5.30. The molecule has 0 spiro atoms. The summed E-state index contributed by atoms with van der Waals surface area (Å²) in [4.78, 5) is 22.0. The number of carboxylic acid groups (broad SMARTS) is 1. The molecule has 0 amide bonds. The molecule has 1 aromatic rings. The van der Waals surface area contributed by atoms with Crippen LogP contribution in [0.3, 0.4) is 0 Å². The van der Waals surface area contributed by atoms with Crippen LogP contribution in [0.1, 0.15) is 24.6 Å². The Labute approximate surface area is 106 Å². The minimum absolute atomic E-state index is 0.175. The lowest BCUT2D eigenvalue weighted by Gasteiger charge is -2.19. The van der Waals surface area contributed by atoms with Gasteiger partial charge >= 0.3 is 5.97 Å². The van der Waals surface area contributed by atoms with Gasteiger partial charge in [0.15, 0.2) is 0 Å². The first-order valence-electron chi connectivity index (χ1n) is 6.47. The van der Waals surface area contributed by atoms with E-state index in [0.717, 1.165) is 37.3 Å². The van der Waals surface area contributed by atoms with Gasteiger partial charge in [0.1, 0.15) is 12.1 Å². The molecule has 96 valence electrons. The van der Waals surface area contributed by atoms with E-state index in [1.54, 1.807) is 6.33 Å². The molecule has 0 saturated carbocycles. The van der Waals surface area contributed by atoms with Crippen molar-refractivity contribution in [2.24, 2.45) is 11.8 Å². The van der Waals surface area contributed by atoms with Crippen LogP contribution in [0.4, 0.5) is 5.82 Å². The van der Waals surface area contributed by atoms with E-state index in [4.69, 9.17) is 0 Å². The molecule has 3 rings (SSSR count). The molecule has 0 aromatic carbocycles. The number of hydrogen-bond acceptors (Lipinski definition) is 4. The number of hydrogen-bond donors (Lipinski definition) is 1. The van der Waals surface area contributed by atoms with Gasteiger partial charge < -0.3 is 10.0 Å². The normalized spacial score (nSPS) is 26.4.